The van der Waals surface area contributed by atoms with Gasteiger partial charge in [-0.05, 0) is 43.7 Å². The van der Waals surface area contributed by atoms with Crippen molar-refractivity contribution in [2.45, 2.75) is 30.5 Å². The number of aromatic nitrogens is 4. The lowest BCUT2D eigenvalue weighted by molar-refractivity contribution is -0.203. The number of nitrogens with two attached hydrogens (primary N) is 1. The number of nitrogens with zero attached hydrogens (tertiary/aromatic N) is 4. The van der Waals surface area contributed by atoms with Crippen LogP contribution in [-0.4, -0.2) is 51.5 Å². The Hall–Kier alpha value is -2.66. The van der Waals surface area contributed by atoms with Gasteiger partial charge >= 0.3 is 6.18 Å². The maximum atomic E-state index is 14.5. The minimum atomic E-state index is -4.57. The third-order valence-electron chi connectivity index (χ3n) is 6.86. The molecule has 35 heavy (non-hydrogen) atoms. The minimum Gasteiger partial charge on any atom is -0.494 e. The third kappa shape index (κ3) is 4.08. The summed E-state index contributed by atoms with van der Waals surface area (Å²) in [5.41, 5.74) is 4.16. The molecule has 4 heterocycles. The summed E-state index contributed by atoms with van der Waals surface area (Å²) in [5.74, 6) is 0.923. The van der Waals surface area contributed by atoms with Gasteiger partial charge in [-0.2, -0.15) is 13.2 Å². The summed E-state index contributed by atoms with van der Waals surface area (Å²) in [6.07, 6.45) is -2.93. The lowest BCUT2D eigenvalue weighted by Gasteiger charge is -2.45. The van der Waals surface area contributed by atoms with Gasteiger partial charge in [-0.25, -0.2) is 4.98 Å². The molecule has 1 aliphatic heterocycles. The van der Waals surface area contributed by atoms with Crippen molar-refractivity contribution in [3.8, 4) is 17.3 Å². The summed E-state index contributed by atoms with van der Waals surface area (Å²) < 4.78 is 50.5. The zero-order valence-electron chi connectivity index (χ0n) is 19.0. The van der Waals surface area contributed by atoms with Gasteiger partial charge in [0.05, 0.1) is 7.11 Å². The van der Waals surface area contributed by atoms with E-state index in [2.05, 4.69) is 20.5 Å². The first-order valence-corrected chi connectivity index (χ1v) is 10.5. The molecule has 0 amide bonds. The van der Waals surface area contributed by atoms with E-state index in [9.17, 15) is 13.2 Å². The molecule has 0 saturated carbocycles. The number of benzene rings is 1. The number of fused-ring (bicyclic) bond motifs is 2. The number of hydrogen-bond donors (Lipinski definition) is 2. The fraction of sp³-hybridized carbons (Fsp3) is 0.348. The Morgan fingerprint density at radius 1 is 1.09 bits per heavy atom. The molecule has 1 saturated heterocycles. The van der Waals surface area contributed by atoms with E-state index in [1.807, 2.05) is 18.2 Å². The quantitative estimate of drug-likeness (QED) is 0.410. The highest BCUT2D eigenvalue weighted by atomic mass is 35.5. The predicted molar refractivity (Wildman–Crippen MR) is 133 cm³/mol. The highest BCUT2D eigenvalue weighted by Crippen LogP contribution is 2.49. The summed E-state index contributed by atoms with van der Waals surface area (Å²) in [6.45, 7) is 1.68. The second kappa shape index (κ2) is 9.42. The highest BCUT2D eigenvalue weighted by molar-refractivity contribution is 5.86. The Labute approximate surface area is 212 Å². The van der Waals surface area contributed by atoms with Crippen LogP contribution in [0.25, 0.3) is 28.1 Å². The normalized spacial score (nSPS) is 19.7. The topological polar surface area (TPSA) is 90.4 Å². The van der Waals surface area contributed by atoms with Crippen LogP contribution in [0.4, 0.5) is 13.2 Å². The van der Waals surface area contributed by atoms with Gasteiger partial charge in [0.25, 0.3) is 0 Å². The summed E-state index contributed by atoms with van der Waals surface area (Å²) in [4.78, 5) is 4.67. The summed E-state index contributed by atoms with van der Waals surface area (Å²) in [6, 6.07) is 12.2. The fourth-order valence-corrected chi connectivity index (χ4v) is 4.64. The number of hydrogen-bond acceptors (Lipinski definition) is 6. The number of halogens is 5. The molecule has 0 unspecified atom stereocenters. The molecule has 12 heteroatoms. The zero-order chi connectivity index (χ0) is 23.4. The van der Waals surface area contributed by atoms with Crippen LogP contribution in [0.1, 0.15) is 18.9 Å². The van der Waals surface area contributed by atoms with E-state index in [1.165, 1.54) is 29.7 Å². The number of nitrogens with one attached hydrogen (secondary N) is 1. The Morgan fingerprint density at radius 2 is 1.86 bits per heavy atom. The minimum absolute atomic E-state index is 0. The van der Waals surface area contributed by atoms with Gasteiger partial charge in [-0.1, -0.05) is 24.3 Å². The number of alkyl halides is 3. The molecule has 0 bridgehead atoms. The predicted octanol–water partition coefficient (Wildman–Crippen LogP) is 4.31. The molecule has 5 rings (SSSR count). The van der Waals surface area contributed by atoms with Crippen LogP contribution in [0.3, 0.4) is 0 Å². The Morgan fingerprint density at radius 3 is 2.51 bits per heavy atom. The van der Waals surface area contributed by atoms with Gasteiger partial charge in [-0.15, -0.1) is 35.0 Å². The number of ether oxygens (including phenoxy) is 1. The highest BCUT2D eigenvalue weighted by Gasteiger charge is 2.63. The smallest absolute Gasteiger partial charge is 0.400 e. The van der Waals surface area contributed by atoms with Crippen LogP contribution in [0, 0.1) is 0 Å². The van der Waals surface area contributed by atoms with Crippen LogP contribution < -0.4 is 15.8 Å². The van der Waals surface area contributed by atoms with Gasteiger partial charge in [0.2, 0.25) is 0 Å². The van der Waals surface area contributed by atoms with E-state index in [0.717, 1.165) is 5.39 Å². The third-order valence-corrected chi connectivity index (χ3v) is 6.86. The maximum absolute atomic E-state index is 14.5. The van der Waals surface area contributed by atoms with Gasteiger partial charge in [0.1, 0.15) is 22.4 Å². The molecular weight excluding hydrogens is 504 g/mol. The molecular formula is C23H25Cl2F3N6O. The molecule has 7 nitrogen and oxygen atoms in total. The van der Waals surface area contributed by atoms with Crippen molar-refractivity contribution in [2.24, 2.45) is 5.73 Å². The molecule has 2 atom stereocenters. The number of para-hydroxylation sites is 1. The molecule has 0 aliphatic carbocycles. The van der Waals surface area contributed by atoms with Gasteiger partial charge in [-0.3, -0.25) is 4.40 Å². The molecule has 4 aromatic rings. The van der Waals surface area contributed by atoms with E-state index >= 15 is 0 Å². The van der Waals surface area contributed by atoms with Gasteiger partial charge < -0.3 is 15.8 Å². The zero-order valence-corrected chi connectivity index (χ0v) is 20.6. The summed E-state index contributed by atoms with van der Waals surface area (Å²) in [5, 5.41) is 12.2. The lowest BCUT2D eigenvalue weighted by atomic mass is 9.66. The van der Waals surface area contributed by atoms with Crippen LogP contribution in [0.2, 0.25) is 0 Å². The molecule has 0 radical (unpaired) electrons. The Balaban J connectivity index is 0.00000171. The first-order valence-electron chi connectivity index (χ1n) is 10.5. The first-order chi connectivity index (χ1) is 15.7. The standard InChI is InChI=1S/C23H23F3N6O.2ClH/c1-21(23(24,25)26,22(27)10-11-28-13-22)15-7-9-18-30-31-20(32(18)12-15)16-8-6-14-4-3-5-17(33-2)19(14)29-16;;/h3-9,12,28H,10-11,13,27H2,1-2H3;2*1H/t21-,22-;;/m0../s1. The number of pyridine rings is 2. The average Bonchev–Trinajstić information content (AvgIpc) is 3.43. The van der Waals surface area contributed by atoms with Crippen molar-refractivity contribution < 1.29 is 17.9 Å². The van der Waals surface area contributed by atoms with Crippen LogP contribution in [-0.2, 0) is 5.41 Å². The van der Waals surface area contributed by atoms with Crippen molar-refractivity contribution in [1.82, 2.24) is 24.9 Å². The SMILES string of the molecule is COc1cccc2ccc(-c3nnc4ccc([C@](C)(C(F)(F)F)[C@]5(N)CCNC5)cn34)nc12.Cl.Cl. The molecule has 1 aromatic carbocycles. The van der Waals surface area contributed by atoms with E-state index in [0.29, 0.717) is 35.0 Å². The van der Waals surface area contributed by atoms with Crippen molar-refractivity contribution >= 4 is 41.4 Å². The second-order valence-corrected chi connectivity index (χ2v) is 8.60. The Kier molecular flexibility index (Phi) is 7.25. The van der Waals surface area contributed by atoms with E-state index < -0.39 is 17.1 Å². The second-order valence-electron chi connectivity index (χ2n) is 8.60. The van der Waals surface area contributed by atoms with Crippen LogP contribution in [0.5, 0.6) is 5.75 Å². The monoisotopic (exact) mass is 528 g/mol. The number of rotatable bonds is 4. The van der Waals surface area contributed by atoms with Crippen LogP contribution in [0.15, 0.2) is 48.7 Å². The van der Waals surface area contributed by atoms with Crippen molar-refractivity contribution in [1.29, 1.82) is 0 Å². The first kappa shape index (κ1) is 26.9. The van der Waals surface area contributed by atoms with Crippen molar-refractivity contribution in [2.75, 3.05) is 20.2 Å². The summed E-state index contributed by atoms with van der Waals surface area (Å²) >= 11 is 0. The van der Waals surface area contributed by atoms with E-state index in [1.54, 1.807) is 19.2 Å². The van der Waals surface area contributed by atoms with E-state index in [4.69, 9.17) is 10.5 Å². The Bertz CT molecular complexity index is 1360. The molecule has 1 aliphatic rings. The summed E-state index contributed by atoms with van der Waals surface area (Å²) in [7, 11) is 1.56. The van der Waals surface area contributed by atoms with Crippen molar-refractivity contribution in [3.05, 3.63) is 54.2 Å². The van der Waals surface area contributed by atoms with Crippen molar-refractivity contribution in [3.63, 3.8) is 0 Å². The van der Waals surface area contributed by atoms with Crippen LogP contribution >= 0.6 is 24.8 Å². The molecule has 3 N–H and O–H groups in total. The molecule has 0 spiro atoms. The van der Waals surface area contributed by atoms with E-state index in [-0.39, 0.29) is 43.3 Å². The van der Waals surface area contributed by atoms with Gasteiger partial charge in [0, 0.05) is 23.7 Å². The largest absolute Gasteiger partial charge is 0.494 e. The fourth-order valence-electron chi connectivity index (χ4n) is 4.64. The maximum Gasteiger partial charge on any atom is 0.400 e. The molecule has 188 valence electrons. The molecule has 3 aromatic heterocycles. The lowest BCUT2D eigenvalue weighted by Crippen LogP contribution is -2.64. The average molecular weight is 529 g/mol. The number of methoxy groups -OCH3 is 1. The molecule has 1 fully saturated rings. The van der Waals surface area contributed by atoms with Gasteiger partial charge in [0.15, 0.2) is 11.5 Å².